The van der Waals surface area contributed by atoms with Gasteiger partial charge in [-0.3, -0.25) is 24.0 Å². The lowest BCUT2D eigenvalue weighted by molar-refractivity contribution is -0.130. The van der Waals surface area contributed by atoms with Gasteiger partial charge in [-0.2, -0.15) is 5.10 Å². The summed E-state index contributed by atoms with van der Waals surface area (Å²) >= 11 is 3.35. The lowest BCUT2D eigenvalue weighted by atomic mass is 9.87. The Labute approximate surface area is 256 Å². The first-order chi connectivity index (χ1) is 20.6. The molecule has 0 saturated carbocycles. The van der Waals surface area contributed by atoms with Gasteiger partial charge in [0.1, 0.15) is 22.8 Å². The molecule has 0 bridgehead atoms. The molecule has 12 heteroatoms. The van der Waals surface area contributed by atoms with Gasteiger partial charge in [0, 0.05) is 48.4 Å². The summed E-state index contributed by atoms with van der Waals surface area (Å²) in [5.41, 5.74) is 3.18. The minimum Gasteiger partial charge on any atom is -0.337 e. The number of pyridine rings is 1. The van der Waals surface area contributed by atoms with Gasteiger partial charge in [0.05, 0.1) is 17.5 Å². The van der Waals surface area contributed by atoms with Crippen molar-refractivity contribution in [1.29, 1.82) is 0 Å². The van der Waals surface area contributed by atoms with Crippen molar-refractivity contribution in [2.24, 2.45) is 11.8 Å². The molecule has 3 aromatic heterocycles. The van der Waals surface area contributed by atoms with Crippen LogP contribution in [0.2, 0.25) is 0 Å². The van der Waals surface area contributed by atoms with Crippen molar-refractivity contribution in [2.45, 2.75) is 39.4 Å². The quantitative estimate of drug-likeness (QED) is 0.170. The summed E-state index contributed by atoms with van der Waals surface area (Å²) in [4.78, 5) is 55.6. The van der Waals surface area contributed by atoms with E-state index in [9.17, 15) is 14.4 Å². The first-order valence-electron chi connectivity index (χ1n) is 13.9. The van der Waals surface area contributed by atoms with Crippen LogP contribution in [0.15, 0.2) is 47.3 Å². The number of halogens is 1. The zero-order valence-electron chi connectivity index (χ0n) is 23.8. The summed E-state index contributed by atoms with van der Waals surface area (Å²) in [6, 6.07) is 8.72. The number of nitrogens with one attached hydrogen (secondary N) is 2. The molecule has 6 rings (SSSR count). The molecular formula is C31H29BrN8O3. The number of anilines is 1. The van der Waals surface area contributed by atoms with E-state index in [2.05, 4.69) is 57.4 Å². The Bertz CT molecular complexity index is 1810. The second-order valence-electron chi connectivity index (χ2n) is 11.0. The number of piperidine rings is 1. The number of carbonyl (C=O) groups is 3. The normalized spacial score (nSPS) is 21.1. The predicted octanol–water partition coefficient (Wildman–Crippen LogP) is 3.16. The number of Topliss-reactive ketones (excluding diaryl/α,β-unsaturated/α-hetero) is 1. The molecule has 0 aliphatic carbocycles. The number of benzene rings is 1. The summed E-state index contributed by atoms with van der Waals surface area (Å²) in [6.45, 7) is 6.56. The number of aryl methyl sites for hydroxylation is 2. The van der Waals surface area contributed by atoms with Crippen LogP contribution in [0.3, 0.4) is 0 Å². The zero-order chi connectivity index (χ0) is 30.4. The van der Waals surface area contributed by atoms with Crippen molar-refractivity contribution in [3.63, 3.8) is 0 Å². The molecule has 2 fully saturated rings. The number of rotatable bonds is 8. The lowest BCUT2D eigenvalue weighted by Gasteiger charge is -2.20. The molecule has 0 spiro atoms. The third-order valence-corrected chi connectivity index (χ3v) is 8.47. The Morgan fingerprint density at radius 2 is 1.88 bits per heavy atom. The molecule has 2 saturated heterocycles. The van der Waals surface area contributed by atoms with Crippen molar-refractivity contribution in [1.82, 2.24) is 34.9 Å². The van der Waals surface area contributed by atoms with E-state index in [1.54, 1.807) is 37.0 Å². The summed E-state index contributed by atoms with van der Waals surface area (Å²) in [7, 11) is 0. The van der Waals surface area contributed by atoms with Gasteiger partial charge in [0.2, 0.25) is 5.91 Å². The topological polar surface area (TPSA) is 135 Å². The Morgan fingerprint density at radius 1 is 1.12 bits per heavy atom. The van der Waals surface area contributed by atoms with Crippen LogP contribution in [0.5, 0.6) is 0 Å². The monoisotopic (exact) mass is 640 g/mol. The molecule has 3 unspecified atom stereocenters. The number of hydrogen-bond donors (Lipinski definition) is 2. The van der Waals surface area contributed by atoms with Gasteiger partial charge < -0.3 is 10.6 Å². The first-order valence-corrected chi connectivity index (χ1v) is 14.7. The van der Waals surface area contributed by atoms with Gasteiger partial charge in [0.15, 0.2) is 11.5 Å². The van der Waals surface area contributed by atoms with E-state index in [1.165, 1.54) is 0 Å². The Hall–Kier alpha value is -4.47. The number of hydrogen-bond acceptors (Lipinski definition) is 8. The molecule has 5 heterocycles. The van der Waals surface area contributed by atoms with Gasteiger partial charge in [-0.25, -0.2) is 15.0 Å². The average Bonchev–Trinajstić information content (AvgIpc) is 3.50. The van der Waals surface area contributed by atoms with E-state index in [1.807, 2.05) is 31.2 Å². The van der Waals surface area contributed by atoms with E-state index >= 15 is 0 Å². The van der Waals surface area contributed by atoms with Crippen LogP contribution in [0.1, 0.15) is 28.8 Å². The molecule has 2 N–H and O–H groups in total. The average molecular weight is 642 g/mol. The Balaban J connectivity index is 1.30. The van der Waals surface area contributed by atoms with Crippen LogP contribution in [0.25, 0.3) is 22.0 Å². The number of fused-ring (bicyclic) bond motifs is 2. The number of terminal acetylenes is 1. The maximum absolute atomic E-state index is 13.9. The molecule has 43 heavy (non-hydrogen) atoms. The van der Waals surface area contributed by atoms with Gasteiger partial charge in [-0.1, -0.05) is 18.1 Å². The molecule has 218 valence electrons. The fraction of sp³-hybridized carbons (Fsp3) is 0.323. The molecular weight excluding hydrogens is 612 g/mol. The fourth-order valence-electron chi connectivity index (χ4n) is 5.65. The Kier molecular flexibility index (Phi) is 7.54. The molecule has 2 aliphatic rings. The van der Waals surface area contributed by atoms with Gasteiger partial charge in [0.25, 0.3) is 5.91 Å². The fourth-order valence-corrected chi connectivity index (χ4v) is 5.96. The van der Waals surface area contributed by atoms with Gasteiger partial charge >= 0.3 is 0 Å². The van der Waals surface area contributed by atoms with Crippen LogP contribution in [-0.2, 0) is 16.1 Å². The second-order valence-corrected chi connectivity index (χ2v) is 11.8. The van der Waals surface area contributed by atoms with Crippen LogP contribution in [0, 0.1) is 38.0 Å². The molecule has 11 nitrogen and oxygen atoms in total. The SMILES string of the molecule is C#CC(C)NC(=O)c1nn(CC(=O)C2[C@H](C(=O)Nc3nc(Br)ccc3C)CN3C[C@@H]23)c2ccc(-c3cnc(C)nc3)cc12. The summed E-state index contributed by atoms with van der Waals surface area (Å²) < 4.78 is 2.15. The highest BCUT2D eigenvalue weighted by atomic mass is 79.9. The smallest absolute Gasteiger partial charge is 0.273 e. The highest BCUT2D eigenvalue weighted by Gasteiger charge is 2.56. The Morgan fingerprint density at radius 3 is 2.63 bits per heavy atom. The second kappa shape index (κ2) is 11.3. The van der Waals surface area contributed by atoms with Crippen molar-refractivity contribution in [2.75, 3.05) is 18.4 Å². The predicted molar refractivity (Wildman–Crippen MR) is 164 cm³/mol. The molecule has 0 radical (unpaired) electrons. The van der Waals surface area contributed by atoms with E-state index in [0.717, 1.165) is 23.2 Å². The van der Waals surface area contributed by atoms with E-state index in [0.29, 0.717) is 33.7 Å². The number of ketones is 1. The van der Waals surface area contributed by atoms with Crippen LogP contribution < -0.4 is 10.6 Å². The molecule has 2 amide bonds. The summed E-state index contributed by atoms with van der Waals surface area (Å²) in [5.74, 6) is 1.78. The number of carbonyl (C=O) groups excluding carboxylic acids is 3. The van der Waals surface area contributed by atoms with Gasteiger partial charge in [-0.15, -0.1) is 6.42 Å². The minimum absolute atomic E-state index is 0.00836. The standard InChI is InChI=1S/C31H29BrN8O3/c1-5-17(3)35-31(43)28-21-10-19(20-11-33-18(4)34-12-20)7-8-23(21)40(38-28)15-25(41)27-22(13-39-14-24(27)39)30(42)37-29-16(2)6-9-26(32)36-29/h1,6-12,17,22,24,27H,13-15H2,2-4H3,(H,35,43)(H,36,37,42)/t17?,22-,24+,27?,39?/m1/s1. The molecule has 4 aromatic rings. The maximum atomic E-state index is 13.9. The van der Waals surface area contributed by atoms with Crippen LogP contribution in [-0.4, -0.2) is 72.4 Å². The first kappa shape index (κ1) is 28.6. The van der Waals surface area contributed by atoms with Crippen molar-refractivity contribution in [3.05, 3.63) is 64.4 Å². The zero-order valence-corrected chi connectivity index (χ0v) is 25.4. The third-order valence-electron chi connectivity index (χ3n) is 8.03. The van der Waals surface area contributed by atoms with Crippen molar-refractivity contribution in [3.8, 4) is 23.5 Å². The number of amides is 2. The highest BCUT2D eigenvalue weighted by molar-refractivity contribution is 9.10. The molecule has 2 aliphatic heterocycles. The third kappa shape index (κ3) is 5.66. The van der Waals surface area contributed by atoms with Crippen molar-refractivity contribution >= 4 is 50.2 Å². The maximum Gasteiger partial charge on any atom is 0.273 e. The van der Waals surface area contributed by atoms with E-state index in [-0.39, 0.29) is 30.0 Å². The van der Waals surface area contributed by atoms with E-state index in [4.69, 9.17) is 6.42 Å². The van der Waals surface area contributed by atoms with Crippen molar-refractivity contribution < 1.29 is 14.4 Å². The van der Waals surface area contributed by atoms with Gasteiger partial charge in [-0.05, 0) is 66.0 Å². The summed E-state index contributed by atoms with van der Waals surface area (Å²) in [5, 5.41) is 10.8. The number of aromatic nitrogens is 5. The molecule has 1 aromatic carbocycles. The van der Waals surface area contributed by atoms with E-state index < -0.39 is 23.8 Å². The molecule has 5 atom stereocenters. The van der Waals surface area contributed by atoms with Crippen LogP contribution >= 0.6 is 15.9 Å². The summed E-state index contributed by atoms with van der Waals surface area (Å²) in [6.07, 6.45) is 8.93. The number of nitrogens with zero attached hydrogens (tertiary/aromatic N) is 6. The lowest BCUT2D eigenvalue weighted by Crippen LogP contribution is -2.37. The minimum atomic E-state index is -0.527. The largest absolute Gasteiger partial charge is 0.337 e. The highest BCUT2D eigenvalue weighted by Crippen LogP contribution is 2.41. The van der Waals surface area contributed by atoms with Crippen LogP contribution in [0.4, 0.5) is 5.82 Å².